The molecule has 27 heavy (non-hydrogen) atoms. The van der Waals surface area contributed by atoms with Gasteiger partial charge in [-0.2, -0.15) is 0 Å². The van der Waals surface area contributed by atoms with Gasteiger partial charge in [-0.3, -0.25) is 14.5 Å². The van der Waals surface area contributed by atoms with Gasteiger partial charge >= 0.3 is 0 Å². The highest BCUT2D eigenvalue weighted by Gasteiger charge is 2.54. The van der Waals surface area contributed by atoms with Crippen LogP contribution in [0.5, 0.6) is 0 Å². The van der Waals surface area contributed by atoms with Crippen LogP contribution in [-0.4, -0.2) is 52.4 Å². The lowest BCUT2D eigenvalue weighted by Gasteiger charge is -2.51. The van der Waals surface area contributed by atoms with Crippen molar-refractivity contribution in [3.05, 3.63) is 69.6 Å². The number of carbonyl (C=O) groups is 1. The maximum Gasteiger partial charge on any atom is 0.255 e. The largest absolute Gasteiger partial charge is 0.333 e. The molecule has 5 nitrogen and oxygen atoms in total. The van der Waals surface area contributed by atoms with E-state index >= 15 is 0 Å². The molecule has 4 aliphatic heterocycles. The van der Waals surface area contributed by atoms with E-state index in [1.807, 2.05) is 0 Å². The van der Waals surface area contributed by atoms with Crippen LogP contribution >= 0.6 is 0 Å². The number of aromatic amines is 1. The predicted octanol–water partition coefficient (Wildman–Crippen LogP) is 2.39. The number of carbonyl (C=O) groups excluding carboxylic acids is 1. The highest BCUT2D eigenvalue weighted by Crippen LogP contribution is 2.46. The Morgan fingerprint density at radius 1 is 1.04 bits per heavy atom. The fourth-order valence-electron chi connectivity index (χ4n) is 5.47. The first-order chi connectivity index (χ1) is 13.1. The van der Waals surface area contributed by atoms with Gasteiger partial charge in [0, 0.05) is 30.8 Å². The van der Waals surface area contributed by atoms with Gasteiger partial charge in [0.2, 0.25) is 5.56 Å². The van der Waals surface area contributed by atoms with Crippen LogP contribution in [0.3, 0.4) is 0 Å². The number of nitrogens with zero attached hydrogens (tertiary/aromatic N) is 2. The van der Waals surface area contributed by atoms with Crippen molar-refractivity contribution >= 4 is 5.91 Å². The summed E-state index contributed by atoms with van der Waals surface area (Å²) in [4.78, 5) is 32.0. The van der Waals surface area contributed by atoms with Crippen LogP contribution in [0.15, 0.2) is 47.4 Å². The van der Waals surface area contributed by atoms with E-state index in [0.29, 0.717) is 23.4 Å². The van der Waals surface area contributed by atoms with Crippen molar-refractivity contribution in [2.24, 2.45) is 5.92 Å². The second-order valence-corrected chi connectivity index (χ2v) is 8.27. The molecule has 1 aromatic heterocycles. The smallest absolute Gasteiger partial charge is 0.255 e. The number of H-pyrrole nitrogens is 1. The molecule has 4 saturated heterocycles. The first-order valence-corrected chi connectivity index (χ1v) is 9.92. The number of rotatable bonds is 2. The molecule has 2 aromatic rings. The van der Waals surface area contributed by atoms with Crippen LogP contribution in [0.2, 0.25) is 0 Å². The van der Waals surface area contributed by atoms with Crippen LogP contribution in [0.1, 0.15) is 40.2 Å². The SMILES string of the molecule is Cc1ccc([C@H]2CN(C(=O)c3ccc(=O)[nH]c3)[C@@H]3C4CCN(CC4)[C@H]23)cc1. The highest BCUT2D eigenvalue weighted by molar-refractivity contribution is 5.94. The Morgan fingerprint density at radius 2 is 1.78 bits per heavy atom. The minimum Gasteiger partial charge on any atom is -0.333 e. The number of aromatic nitrogens is 1. The summed E-state index contributed by atoms with van der Waals surface area (Å²) in [6, 6.07) is 12.6. The molecule has 5 heteroatoms. The van der Waals surface area contributed by atoms with Crippen molar-refractivity contribution in [3.8, 4) is 0 Å². The molecule has 4 aliphatic rings. The number of aryl methyl sites for hydroxylation is 1. The maximum absolute atomic E-state index is 13.3. The number of benzene rings is 1. The Labute approximate surface area is 159 Å². The van der Waals surface area contributed by atoms with Crippen molar-refractivity contribution in [1.82, 2.24) is 14.8 Å². The predicted molar refractivity (Wildman–Crippen MR) is 104 cm³/mol. The number of fused-ring (bicyclic) bond motifs is 2. The van der Waals surface area contributed by atoms with Gasteiger partial charge in [0.1, 0.15) is 0 Å². The Kier molecular flexibility index (Phi) is 3.93. The van der Waals surface area contributed by atoms with E-state index < -0.39 is 0 Å². The molecular formula is C22H25N3O2. The van der Waals surface area contributed by atoms with Gasteiger partial charge in [0.05, 0.1) is 11.6 Å². The van der Waals surface area contributed by atoms with Crippen molar-refractivity contribution in [2.75, 3.05) is 19.6 Å². The van der Waals surface area contributed by atoms with Gasteiger partial charge in [-0.05, 0) is 50.4 Å². The molecule has 1 aromatic carbocycles. The zero-order valence-electron chi connectivity index (χ0n) is 15.6. The molecule has 4 fully saturated rings. The van der Waals surface area contributed by atoms with Gasteiger partial charge in [-0.25, -0.2) is 0 Å². The molecule has 0 saturated carbocycles. The Morgan fingerprint density at radius 3 is 2.44 bits per heavy atom. The quantitative estimate of drug-likeness (QED) is 0.891. The molecule has 1 amide bonds. The number of nitrogens with one attached hydrogen (secondary N) is 1. The lowest BCUT2D eigenvalue weighted by molar-refractivity contribution is -0.00342. The molecule has 0 spiro atoms. The minimum absolute atomic E-state index is 0.0459. The normalized spacial score (nSPS) is 31.7. The van der Waals surface area contributed by atoms with E-state index in [9.17, 15) is 9.59 Å². The summed E-state index contributed by atoms with van der Waals surface area (Å²) in [5.41, 5.74) is 3.00. The molecule has 140 valence electrons. The van der Waals surface area contributed by atoms with Gasteiger partial charge in [0.15, 0.2) is 0 Å². The van der Waals surface area contributed by atoms with E-state index in [1.54, 1.807) is 12.3 Å². The number of hydrogen-bond donors (Lipinski definition) is 1. The number of hydrogen-bond acceptors (Lipinski definition) is 3. The third-order valence-electron chi connectivity index (χ3n) is 6.79. The Balaban J connectivity index is 1.52. The van der Waals surface area contributed by atoms with Gasteiger partial charge in [0.25, 0.3) is 5.91 Å². The molecule has 0 radical (unpaired) electrons. The first-order valence-electron chi connectivity index (χ1n) is 9.92. The summed E-state index contributed by atoms with van der Waals surface area (Å²) in [5.74, 6) is 0.984. The topological polar surface area (TPSA) is 56.4 Å². The number of piperidine rings is 3. The molecule has 1 N–H and O–H groups in total. The van der Waals surface area contributed by atoms with E-state index in [0.717, 1.165) is 19.6 Å². The average Bonchev–Trinajstić information content (AvgIpc) is 3.12. The lowest BCUT2D eigenvalue weighted by atomic mass is 9.75. The van der Waals surface area contributed by atoms with E-state index in [-0.39, 0.29) is 17.5 Å². The van der Waals surface area contributed by atoms with Crippen molar-refractivity contribution in [1.29, 1.82) is 0 Å². The summed E-state index contributed by atoms with van der Waals surface area (Å²) < 4.78 is 0. The third-order valence-corrected chi connectivity index (χ3v) is 6.79. The first kappa shape index (κ1) is 16.8. The van der Waals surface area contributed by atoms with Crippen LogP contribution in [0.4, 0.5) is 0 Å². The Hall–Kier alpha value is -2.40. The summed E-state index contributed by atoms with van der Waals surface area (Å²) >= 11 is 0. The lowest BCUT2D eigenvalue weighted by Crippen LogP contribution is -2.60. The molecule has 3 atom stereocenters. The monoisotopic (exact) mass is 363 g/mol. The molecule has 6 rings (SSSR count). The highest BCUT2D eigenvalue weighted by atomic mass is 16.2. The van der Waals surface area contributed by atoms with E-state index in [2.05, 4.69) is 46.0 Å². The van der Waals surface area contributed by atoms with E-state index in [4.69, 9.17) is 0 Å². The number of likely N-dealkylation sites (tertiary alicyclic amines) is 1. The summed E-state index contributed by atoms with van der Waals surface area (Å²) in [6.07, 6.45) is 3.91. The summed E-state index contributed by atoms with van der Waals surface area (Å²) in [5, 5.41) is 0. The molecule has 5 heterocycles. The molecular weight excluding hydrogens is 338 g/mol. The van der Waals surface area contributed by atoms with E-state index in [1.165, 1.54) is 30.0 Å². The van der Waals surface area contributed by atoms with Crippen LogP contribution in [-0.2, 0) is 0 Å². The zero-order chi connectivity index (χ0) is 18.5. The maximum atomic E-state index is 13.3. The standard InChI is InChI=1S/C22H25N3O2/c1-14-2-4-15(5-3-14)18-13-25(22(27)17-6-7-19(26)23-12-17)20-16-8-10-24(11-9-16)21(18)20/h2-7,12,16,18,20-21H,8-11,13H2,1H3,(H,23,26)/t18-,20-,21-/m1/s1. The molecule has 2 bridgehead atoms. The van der Waals surface area contributed by atoms with Crippen LogP contribution in [0.25, 0.3) is 0 Å². The molecule has 0 aliphatic carbocycles. The summed E-state index contributed by atoms with van der Waals surface area (Å²) in [6.45, 7) is 5.16. The van der Waals surface area contributed by atoms with Crippen molar-refractivity contribution in [2.45, 2.75) is 37.8 Å². The van der Waals surface area contributed by atoms with Crippen LogP contribution < -0.4 is 5.56 Å². The van der Waals surface area contributed by atoms with Crippen LogP contribution in [0, 0.1) is 12.8 Å². The minimum atomic E-state index is -0.175. The van der Waals surface area contributed by atoms with Gasteiger partial charge in [-0.15, -0.1) is 0 Å². The van der Waals surface area contributed by atoms with Crippen molar-refractivity contribution < 1.29 is 4.79 Å². The van der Waals surface area contributed by atoms with Crippen molar-refractivity contribution in [3.63, 3.8) is 0 Å². The average molecular weight is 363 g/mol. The summed E-state index contributed by atoms with van der Waals surface area (Å²) in [7, 11) is 0. The number of pyridine rings is 1. The van der Waals surface area contributed by atoms with Gasteiger partial charge in [-0.1, -0.05) is 29.8 Å². The number of amides is 1. The fraction of sp³-hybridized carbons (Fsp3) is 0.455. The zero-order valence-corrected chi connectivity index (χ0v) is 15.6. The fourth-order valence-corrected chi connectivity index (χ4v) is 5.47. The Bertz CT molecular complexity index is 891. The third kappa shape index (κ3) is 2.72. The second kappa shape index (κ2) is 6.34. The molecule has 0 unspecified atom stereocenters. The van der Waals surface area contributed by atoms with Gasteiger partial charge < -0.3 is 9.88 Å². The second-order valence-electron chi connectivity index (χ2n) is 8.27.